The molecule has 0 spiro atoms. The van der Waals surface area contributed by atoms with Gasteiger partial charge in [-0.15, -0.1) is 0 Å². The van der Waals surface area contributed by atoms with Gasteiger partial charge in [0.1, 0.15) is 5.82 Å². The minimum absolute atomic E-state index is 0.0148. The van der Waals surface area contributed by atoms with Gasteiger partial charge in [-0.05, 0) is 30.4 Å². The van der Waals surface area contributed by atoms with Gasteiger partial charge in [-0.1, -0.05) is 60.7 Å². The van der Waals surface area contributed by atoms with Crippen molar-refractivity contribution in [2.75, 3.05) is 24.5 Å². The van der Waals surface area contributed by atoms with Crippen LogP contribution in [0.3, 0.4) is 0 Å². The Morgan fingerprint density at radius 2 is 1.79 bits per heavy atom. The molecule has 150 valence electrons. The van der Waals surface area contributed by atoms with Crippen LogP contribution in [0.5, 0.6) is 0 Å². The van der Waals surface area contributed by atoms with Crippen molar-refractivity contribution in [2.24, 2.45) is 5.92 Å². The fourth-order valence-electron chi connectivity index (χ4n) is 3.71. The molecule has 2 heterocycles. The highest BCUT2D eigenvalue weighted by Gasteiger charge is 2.27. The molecule has 3 aromatic rings. The van der Waals surface area contributed by atoms with Crippen LogP contribution in [-0.2, 0) is 17.6 Å². The molecule has 29 heavy (non-hydrogen) atoms. The maximum atomic E-state index is 12.6. The minimum Gasteiger partial charge on any atom is -0.355 e. The lowest BCUT2D eigenvalue weighted by molar-refractivity contribution is -0.125. The van der Waals surface area contributed by atoms with Gasteiger partial charge in [0.05, 0.1) is 5.92 Å². The normalized spacial score (nSPS) is 16.6. The molecule has 2 aromatic carbocycles. The smallest absolute Gasteiger partial charge is 0.224 e. The molecule has 1 amide bonds. The second-order valence-corrected chi connectivity index (χ2v) is 8.20. The Kier molecular flexibility index (Phi) is 6.52. The number of hydrogen-bond acceptors (Lipinski definition) is 5. The SMILES string of the molecule is O=C(NCCc1ccccc1)C1CCCN(c2nc(Cc3ccccc3)ns2)C1. The number of anilines is 1. The van der Waals surface area contributed by atoms with Gasteiger partial charge in [-0.3, -0.25) is 4.79 Å². The summed E-state index contributed by atoms with van der Waals surface area (Å²) in [6.07, 6.45) is 3.55. The first-order valence-electron chi connectivity index (χ1n) is 10.2. The molecule has 4 rings (SSSR count). The molecular weight excluding hydrogens is 380 g/mol. The zero-order valence-electron chi connectivity index (χ0n) is 16.5. The Morgan fingerprint density at radius 1 is 1.07 bits per heavy atom. The van der Waals surface area contributed by atoms with Gasteiger partial charge < -0.3 is 10.2 Å². The first-order valence-corrected chi connectivity index (χ1v) is 11.0. The number of aromatic nitrogens is 2. The van der Waals surface area contributed by atoms with Crippen molar-refractivity contribution < 1.29 is 4.79 Å². The first kappa shape index (κ1) is 19.6. The molecule has 1 fully saturated rings. The number of carbonyl (C=O) groups excluding carboxylic acids is 1. The number of benzene rings is 2. The van der Waals surface area contributed by atoms with Crippen LogP contribution >= 0.6 is 11.5 Å². The van der Waals surface area contributed by atoms with E-state index in [0.29, 0.717) is 6.54 Å². The molecule has 1 aliphatic heterocycles. The van der Waals surface area contributed by atoms with Crippen molar-refractivity contribution in [1.29, 1.82) is 0 Å². The number of nitrogens with zero attached hydrogens (tertiary/aromatic N) is 3. The van der Waals surface area contributed by atoms with Crippen molar-refractivity contribution >= 4 is 22.6 Å². The molecule has 5 nitrogen and oxygen atoms in total. The largest absolute Gasteiger partial charge is 0.355 e. The minimum atomic E-state index is 0.0148. The topological polar surface area (TPSA) is 58.1 Å². The summed E-state index contributed by atoms with van der Waals surface area (Å²) in [7, 11) is 0. The number of piperidine rings is 1. The predicted octanol–water partition coefficient (Wildman–Crippen LogP) is 3.70. The predicted molar refractivity (Wildman–Crippen MR) is 117 cm³/mol. The molecule has 0 radical (unpaired) electrons. The molecule has 1 N–H and O–H groups in total. The van der Waals surface area contributed by atoms with Crippen LogP contribution in [0.1, 0.15) is 29.8 Å². The Labute approximate surface area is 176 Å². The molecular formula is C23H26N4OS. The van der Waals surface area contributed by atoms with E-state index in [4.69, 9.17) is 4.98 Å². The highest BCUT2D eigenvalue weighted by atomic mass is 32.1. The van der Waals surface area contributed by atoms with E-state index in [0.717, 1.165) is 49.7 Å². The molecule has 0 bridgehead atoms. The molecule has 1 aromatic heterocycles. The zero-order chi connectivity index (χ0) is 19.9. The van der Waals surface area contributed by atoms with Gasteiger partial charge >= 0.3 is 0 Å². The zero-order valence-corrected chi connectivity index (χ0v) is 17.3. The number of amides is 1. The molecule has 1 atom stereocenters. The quantitative estimate of drug-likeness (QED) is 0.650. The first-order chi connectivity index (χ1) is 14.3. The van der Waals surface area contributed by atoms with Gasteiger partial charge in [0.2, 0.25) is 11.0 Å². The average Bonchev–Trinajstić information content (AvgIpc) is 3.24. The van der Waals surface area contributed by atoms with E-state index < -0.39 is 0 Å². The van der Waals surface area contributed by atoms with E-state index in [1.807, 2.05) is 36.4 Å². The standard InChI is InChI=1S/C23H26N4OS/c28-22(24-14-13-18-8-3-1-4-9-18)20-12-7-15-27(17-20)23-25-21(26-29-23)16-19-10-5-2-6-11-19/h1-6,8-11,20H,7,12-17H2,(H,24,28). The summed E-state index contributed by atoms with van der Waals surface area (Å²) in [6.45, 7) is 2.34. The summed E-state index contributed by atoms with van der Waals surface area (Å²) < 4.78 is 4.53. The van der Waals surface area contributed by atoms with Crippen LogP contribution in [0.15, 0.2) is 60.7 Å². The van der Waals surface area contributed by atoms with Crippen molar-refractivity contribution in [3.8, 4) is 0 Å². The molecule has 0 aliphatic carbocycles. The Balaban J connectivity index is 1.29. The molecule has 6 heteroatoms. The van der Waals surface area contributed by atoms with Gasteiger partial charge in [0.25, 0.3) is 0 Å². The van der Waals surface area contributed by atoms with Crippen molar-refractivity contribution in [2.45, 2.75) is 25.7 Å². The van der Waals surface area contributed by atoms with Gasteiger partial charge in [0, 0.05) is 37.6 Å². The highest BCUT2D eigenvalue weighted by molar-refractivity contribution is 7.09. The van der Waals surface area contributed by atoms with E-state index in [-0.39, 0.29) is 11.8 Å². The van der Waals surface area contributed by atoms with Crippen LogP contribution in [-0.4, -0.2) is 34.9 Å². The number of carbonyl (C=O) groups is 1. The third-order valence-corrected chi connectivity index (χ3v) is 6.10. The number of nitrogens with one attached hydrogen (secondary N) is 1. The van der Waals surface area contributed by atoms with E-state index in [2.05, 4.69) is 38.9 Å². The molecule has 1 aliphatic rings. The third kappa shape index (κ3) is 5.41. The maximum Gasteiger partial charge on any atom is 0.224 e. The average molecular weight is 407 g/mol. The maximum absolute atomic E-state index is 12.6. The lowest BCUT2D eigenvalue weighted by atomic mass is 9.97. The van der Waals surface area contributed by atoms with E-state index in [1.54, 1.807) is 0 Å². The van der Waals surface area contributed by atoms with E-state index in [1.165, 1.54) is 22.7 Å². The van der Waals surface area contributed by atoms with Crippen LogP contribution in [0.4, 0.5) is 5.13 Å². The van der Waals surface area contributed by atoms with E-state index >= 15 is 0 Å². The summed E-state index contributed by atoms with van der Waals surface area (Å²) in [5.74, 6) is 1.02. The summed E-state index contributed by atoms with van der Waals surface area (Å²) in [5.41, 5.74) is 2.46. The van der Waals surface area contributed by atoms with Crippen molar-refractivity contribution in [3.63, 3.8) is 0 Å². The number of rotatable bonds is 7. The van der Waals surface area contributed by atoms with E-state index in [9.17, 15) is 4.79 Å². The second-order valence-electron chi connectivity index (χ2n) is 7.47. The van der Waals surface area contributed by atoms with Gasteiger partial charge in [-0.25, -0.2) is 4.98 Å². The van der Waals surface area contributed by atoms with Crippen molar-refractivity contribution in [3.05, 3.63) is 77.6 Å². The summed E-state index contributed by atoms with van der Waals surface area (Å²) in [5, 5.41) is 4.04. The lowest BCUT2D eigenvalue weighted by Gasteiger charge is -2.31. The highest BCUT2D eigenvalue weighted by Crippen LogP contribution is 2.25. The van der Waals surface area contributed by atoms with Crippen LogP contribution in [0.2, 0.25) is 0 Å². The van der Waals surface area contributed by atoms with Crippen LogP contribution in [0.25, 0.3) is 0 Å². The second kappa shape index (κ2) is 9.65. The Hall–Kier alpha value is -2.73. The van der Waals surface area contributed by atoms with Gasteiger partial charge in [0.15, 0.2) is 0 Å². The van der Waals surface area contributed by atoms with Crippen LogP contribution < -0.4 is 10.2 Å². The third-order valence-electron chi connectivity index (χ3n) is 5.28. The molecule has 0 saturated carbocycles. The Bertz CT molecular complexity index is 913. The molecule has 1 saturated heterocycles. The van der Waals surface area contributed by atoms with Gasteiger partial charge in [-0.2, -0.15) is 4.37 Å². The lowest BCUT2D eigenvalue weighted by Crippen LogP contribution is -2.43. The fourth-order valence-corrected chi connectivity index (χ4v) is 4.43. The number of hydrogen-bond donors (Lipinski definition) is 1. The summed E-state index contributed by atoms with van der Waals surface area (Å²) in [6, 6.07) is 20.5. The van der Waals surface area contributed by atoms with Crippen LogP contribution in [0, 0.1) is 5.92 Å². The summed E-state index contributed by atoms with van der Waals surface area (Å²) in [4.78, 5) is 19.6. The monoisotopic (exact) mass is 406 g/mol. The fraction of sp³-hybridized carbons (Fsp3) is 0.348. The Morgan fingerprint density at radius 3 is 2.55 bits per heavy atom. The molecule has 1 unspecified atom stereocenters. The summed E-state index contributed by atoms with van der Waals surface area (Å²) >= 11 is 1.44. The van der Waals surface area contributed by atoms with Crippen molar-refractivity contribution in [1.82, 2.24) is 14.7 Å².